The number of aliphatic hydroxyl groups excluding tert-OH is 1. The van der Waals surface area contributed by atoms with E-state index in [1.165, 1.54) is 4.57 Å². The summed E-state index contributed by atoms with van der Waals surface area (Å²) in [6, 6.07) is 0. The fraction of sp³-hybridized carbons (Fsp3) is 0.722. The van der Waals surface area contributed by atoms with Gasteiger partial charge in [-0.15, -0.1) is 0 Å². The highest BCUT2D eigenvalue weighted by Gasteiger charge is 2.41. The second kappa shape index (κ2) is 8.90. The van der Waals surface area contributed by atoms with Crippen molar-refractivity contribution in [2.24, 2.45) is 4.99 Å². The Balaban J connectivity index is 2.12. The Labute approximate surface area is 181 Å². The molecular weight excluding hydrogens is 491 g/mol. The van der Waals surface area contributed by atoms with Crippen molar-refractivity contribution in [1.82, 2.24) is 14.5 Å². The molecule has 0 amide bonds. The van der Waals surface area contributed by atoms with E-state index in [9.17, 15) is 9.90 Å². The zero-order valence-corrected chi connectivity index (χ0v) is 20.8. The van der Waals surface area contributed by atoms with Crippen LogP contribution in [0.15, 0.2) is 16.0 Å². The molecule has 3 atom stereocenters. The molecule has 158 valence electrons. The van der Waals surface area contributed by atoms with Gasteiger partial charge in [-0.05, 0) is 40.7 Å². The summed E-state index contributed by atoms with van der Waals surface area (Å²) < 4.78 is 14.3. The van der Waals surface area contributed by atoms with Gasteiger partial charge in [-0.25, -0.2) is 9.79 Å². The number of halogens is 1. The van der Waals surface area contributed by atoms with Gasteiger partial charge in [-0.1, -0.05) is 20.8 Å². The highest BCUT2D eigenvalue weighted by atomic mass is 127. The minimum atomic E-state index is -1.94. The highest BCUT2D eigenvalue weighted by Crippen LogP contribution is 2.37. The molecule has 1 aromatic rings. The summed E-state index contributed by atoms with van der Waals surface area (Å²) in [5, 5.41) is 10.5. The van der Waals surface area contributed by atoms with Crippen LogP contribution in [-0.4, -0.2) is 67.1 Å². The van der Waals surface area contributed by atoms with Crippen molar-refractivity contribution >= 4 is 43.1 Å². The maximum atomic E-state index is 12.5. The number of aliphatic hydroxyl groups is 1. The maximum absolute atomic E-state index is 12.5. The summed E-state index contributed by atoms with van der Waals surface area (Å²) >= 11 is 2.09. The Bertz CT molecular complexity index is 776. The van der Waals surface area contributed by atoms with E-state index in [0.29, 0.717) is 18.8 Å². The third-order valence-electron chi connectivity index (χ3n) is 5.23. The van der Waals surface area contributed by atoms with Gasteiger partial charge in [0.1, 0.15) is 12.3 Å². The first-order chi connectivity index (χ1) is 12.8. The lowest BCUT2D eigenvalue weighted by Crippen LogP contribution is -2.43. The zero-order chi connectivity index (χ0) is 21.3. The quantitative estimate of drug-likeness (QED) is 0.268. The van der Waals surface area contributed by atoms with Gasteiger partial charge in [-0.2, -0.15) is 4.98 Å². The van der Waals surface area contributed by atoms with Crippen LogP contribution in [0, 0.1) is 3.57 Å². The smallest absolute Gasteiger partial charge is 0.351 e. The number of hydrogen-bond acceptors (Lipinski definition) is 6. The van der Waals surface area contributed by atoms with Crippen LogP contribution in [0.3, 0.4) is 0 Å². The van der Waals surface area contributed by atoms with Gasteiger partial charge in [0.2, 0.25) is 0 Å². The summed E-state index contributed by atoms with van der Waals surface area (Å²) in [5.74, 6) is 0.368. The van der Waals surface area contributed by atoms with Gasteiger partial charge in [0.15, 0.2) is 14.1 Å². The van der Waals surface area contributed by atoms with Gasteiger partial charge in [0, 0.05) is 26.7 Å². The Morgan fingerprint density at radius 1 is 1.50 bits per heavy atom. The van der Waals surface area contributed by atoms with Crippen molar-refractivity contribution in [3.8, 4) is 0 Å². The molecule has 1 fully saturated rings. The topological polar surface area (TPSA) is 89.2 Å². The summed E-state index contributed by atoms with van der Waals surface area (Å²) in [5.41, 5.74) is -0.450. The Morgan fingerprint density at radius 2 is 2.14 bits per heavy atom. The number of aromatic nitrogens is 2. The van der Waals surface area contributed by atoms with Crippen molar-refractivity contribution in [3.05, 3.63) is 20.3 Å². The number of nitrogens with zero attached hydrogens (tertiary/aromatic N) is 4. The number of ether oxygens (including phenoxy) is 1. The molecule has 0 aliphatic carbocycles. The van der Waals surface area contributed by atoms with Crippen LogP contribution in [-0.2, 0) is 9.16 Å². The number of rotatable bonds is 6. The molecule has 1 saturated heterocycles. The summed E-state index contributed by atoms with van der Waals surface area (Å²) in [7, 11) is 1.75. The second-order valence-corrected chi connectivity index (χ2v) is 14.8. The minimum absolute atomic E-state index is 0.0792. The van der Waals surface area contributed by atoms with Crippen molar-refractivity contribution in [2.75, 3.05) is 20.7 Å². The van der Waals surface area contributed by atoms with Crippen LogP contribution in [0.4, 0.5) is 5.82 Å². The predicted molar refractivity (Wildman–Crippen MR) is 121 cm³/mol. The summed E-state index contributed by atoms with van der Waals surface area (Å²) in [6.45, 7) is 11.1. The van der Waals surface area contributed by atoms with Crippen molar-refractivity contribution in [1.29, 1.82) is 0 Å². The molecule has 1 aliphatic rings. The van der Waals surface area contributed by atoms with Gasteiger partial charge in [-0.3, -0.25) is 4.57 Å². The van der Waals surface area contributed by atoms with Gasteiger partial charge < -0.3 is 19.2 Å². The van der Waals surface area contributed by atoms with Crippen molar-refractivity contribution < 1.29 is 14.3 Å². The summed E-state index contributed by atoms with van der Waals surface area (Å²) in [6.07, 6.45) is 1.87. The second-order valence-electron chi connectivity index (χ2n) is 8.81. The molecule has 1 aliphatic heterocycles. The Morgan fingerprint density at radius 3 is 2.71 bits per heavy atom. The zero-order valence-electron chi connectivity index (χ0n) is 17.6. The monoisotopic (exact) mass is 522 g/mol. The van der Waals surface area contributed by atoms with E-state index in [2.05, 4.69) is 66.4 Å². The van der Waals surface area contributed by atoms with E-state index in [1.54, 1.807) is 17.4 Å². The van der Waals surface area contributed by atoms with E-state index >= 15 is 0 Å². The van der Waals surface area contributed by atoms with Crippen molar-refractivity contribution in [3.63, 3.8) is 0 Å². The largest absolute Gasteiger partial charge is 0.414 e. The van der Waals surface area contributed by atoms with E-state index in [0.717, 1.165) is 3.57 Å². The highest BCUT2D eigenvalue weighted by molar-refractivity contribution is 14.1. The molecular formula is C18H31IN4O4Si. The van der Waals surface area contributed by atoms with Crippen LogP contribution in [0.1, 0.15) is 33.4 Å². The average Bonchev–Trinajstić information content (AvgIpc) is 2.93. The lowest BCUT2D eigenvalue weighted by molar-refractivity contribution is -0.0432. The third-order valence-corrected chi connectivity index (χ3v) is 10.5. The average molecular weight is 522 g/mol. The molecule has 28 heavy (non-hydrogen) atoms. The molecule has 0 radical (unpaired) electrons. The van der Waals surface area contributed by atoms with E-state index in [-0.39, 0.29) is 5.04 Å². The van der Waals surface area contributed by atoms with Crippen LogP contribution in [0.5, 0.6) is 0 Å². The predicted octanol–water partition coefficient (Wildman–Crippen LogP) is 2.74. The SMILES string of the molecule is CN(C)C=Nc1nc(=O)n([C@H]2CC(O)[C@@H](CO[Si](C)(C)C(C)(C)C)O2)cc1I. The van der Waals surface area contributed by atoms with Crippen LogP contribution < -0.4 is 5.69 Å². The molecule has 0 saturated carbocycles. The third kappa shape index (κ3) is 5.62. The molecule has 2 rings (SSSR count). The lowest BCUT2D eigenvalue weighted by Gasteiger charge is -2.37. The van der Waals surface area contributed by atoms with E-state index in [1.807, 2.05) is 14.1 Å². The molecule has 0 bridgehead atoms. The molecule has 0 spiro atoms. The maximum Gasteiger partial charge on any atom is 0.351 e. The first-order valence-corrected chi connectivity index (χ1v) is 13.3. The Hall–Kier alpha value is -0.823. The first-order valence-electron chi connectivity index (χ1n) is 9.28. The van der Waals surface area contributed by atoms with Crippen LogP contribution in [0.25, 0.3) is 0 Å². The minimum Gasteiger partial charge on any atom is -0.414 e. The molecule has 1 unspecified atom stereocenters. The van der Waals surface area contributed by atoms with Crippen LogP contribution >= 0.6 is 22.6 Å². The fourth-order valence-corrected chi connectivity index (χ4v) is 4.02. The van der Waals surface area contributed by atoms with Gasteiger partial charge in [0.25, 0.3) is 0 Å². The molecule has 1 N–H and O–H groups in total. The van der Waals surface area contributed by atoms with Crippen LogP contribution in [0.2, 0.25) is 18.1 Å². The molecule has 1 aromatic heterocycles. The number of aliphatic imine (C=N–C) groups is 1. The summed E-state index contributed by atoms with van der Waals surface area (Å²) in [4.78, 5) is 22.5. The van der Waals surface area contributed by atoms with Crippen molar-refractivity contribution in [2.45, 2.75) is 63.8 Å². The molecule has 8 nitrogen and oxygen atoms in total. The van der Waals surface area contributed by atoms with E-state index < -0.39 is 32.4 Å². The Kier molecular flexibility index (Phi) is 7.46. The normalized spacial score (nSPS) is 23.5. The lowest BCUT2D eigenvalue weighted by atomic mass is 10.2. The fourth-order valence-electron chi connectivity index (χ4n) is 2.45. The number of hydrogen-bond donors (Lipinski definition) is 1. The first kappa shape index (κ1) is 23.5. The molecule has 2 heterocycles. The standard InChI is InChI=1S/C18H31IN4O4Si/c1-18(2,3)28(6,7)26-10-14-13(24)8-15(27-14)23-9-12(19)16(21-17(23)25)20-11-22(4)5/h9,11,13-15,24H,8,10H2,1-7H3/t13?,14-,15-/m1/s1. The van der Waals surface area contributed by atoms with Gasteiger partial charge in [0.05, 0.1) is 22.6 Å². The van der Waals surface area contributed by atoms with Gasteiger partial charge >= 0.3 is 5.69 Å². The molecule has 0 aromatic carbocycles. The van der Waals surface area contributed by atoms with E-state index in [4.69, 9.17) is 9.16 Å². The molecule has 10 heteroatoms.